The smallest absolute Gasteiger partial charge is 0.220 e. The Morgan fingerprint density at radius 3 is 1.29 bits per heavy atom. The van der Waals surface area contributed by atoms with Crippen LogP contribution in [0.5, 0.6) is 0 Å². The summed E-state index contributed by atoms with van der Waals surface area (Å²) in [6.07, 6.45) is 51.5. The van der Waals surface area contributed by atoms with E-state index in [2.05, 4.69) is 31.3 Å². The van der Waals surface area contributed by atoms with Crippen molar-refractivity contribution < 1.29 is 39.8 Å². The lowest BCUT2D eigenvalue weighted by Gasteiger charge is -2.40. The molecule has 0 spiro atoms. The summed E-state index contributed by atoms with van der Waals surface area (Å²) >= 11 is 0. The first kappa shape index (κ1) is 61.7. The van der Waals surface area contributed by atoms with Crippen LogP contribution in [0.3, 0.4) is 0 Å². The summed E-state index contributed by atoms with van der Waals surface area (Å²) in [4.78, 5) is 13.0. The minimum Gasteiger partial charge on any atom is -0.394 e. The number of rotatable bonds is 48. The first-order valence-electron chi connectivity index (χ1n) is 28.1. The fraction of sp³-hybridized carbons (Fsp3) is 0.911. The molecule has 0 aromatic heterocycles. The van der Waals surface area contributed by atoms with Crippen molar-refractivity contribution in [3.05, 3.63) is 24.3 Å². The van der Waals surface area contributed by atoms with E-state index in [-0.39, 0.29) is 12.5 Å². The average molecular weight is 922 g/mol. The predicted octanol–water partition coefficient (Wildman–Crippen LogP) is 13.4. The van der Waals surface area contributed by atoms with Crippen molar-refractivity contribution in [2.45, 2.75) is 314 Å². The van der Waals surface area contributed by atoms with Gasteiger partial charge in [0.2, 0.25) is 5.91 Å². The Morgan fingerprint density at radius 2 is 0.877 bits per heavy atom. The fourth-order valence-electron chi connectivity index (χ4n) is 9.06. The van der Waals surface area contributed by atoms with E-state index < -0.39 is 49.5 Å². The Bertz CT molecular complexity index is 1070. The van der Waals surface area contributed by atoms with E-state index in [4.69, 9.17) is 9.47 Å². The maximum absolute atomic E-state index is 13.0. The van der Waals surface area contributed by atoms with E-state index in [1.807, 2.05) is 6.08 Å². The van der Waals surface area contributed by atoms with Gasteiger partial charge in [0.1, 0.15) is 24.4 Å². The van der Waals surface area contributed by atoms with Gasteiger partial charge in [-0.3, -0.25) is 4.79 Å². The number of unbranched alkanes of at least 4 members (excludes halogenated alkanes) is 36. The number of amides is 1. The third-order valence-corrected chi connectivity index (χ3v) is 13.5. The van der Waals surface area contributed by atoms with Gasteiger partial charge in [-0.1, -0.05) is 256 Å². The monoisotopic (exact) mass is 922 g/mol. The Morgan fingerprint density at radius 1 is 0.508 bits per heavy atom. The zero-order valence-electron chi connectivity index (χ0n) is 42.5. The number of aliphatic hydroxyl groups excluding tert-OH is 5. The minimum atomic E-state index is -1.57. The molecule has 1 aliphatic heterocycles. The topological polar surface area (TPSA) is 149 Å². The first-order valence-corrected chi connectivity index (χ1v) is 28.1. The normalized spacial score (nSPS) is 20.0. The van der Waals surface area contributed by atoms with Crippen LogP contribution in [-0.4, -0.2) is 87.5 Å². The molecule has 9 heteroatoms. The molecule has 0 radical (unpaired) electrons. The summed E-state index contributed by atoms with van der Waals surface area (Å²) in [7, 11) is 0. The molecule has 0 aromatic rings. The maximum atomic E-state index is 13.0. The van der Waals surface area contributed by atoms with E-state index in [9.17, 15) is 30.3 Å². The molecule has 384 valence electrons. The van der Waals surface area contributed by atoms with Gasteiger partial charge in [0, 0.05) is 6.42 Å². The van der Waals surface area contributed by atoms with Crippen LogP contribution in [-0.2, 0) is 14.3 Å². The molecule has 65 heavy (non-hydrogen) atoms. The molecule has 1 aliphatic rings. The number of carbonyl (C=O) groups excluding carboxylic acids is 1. The quantitative estimate of drug-likeness (QED) is 0.0261. The highest BCUT2D eigenvalue weighted by Gasteiger charge is 2.44. The molecule has 7 atom stereocenters. The van der Waals surface area contributed by atoms with Crippen molar-refractivity contribution in [2.24, 2.45) is 0 Å². The van der Waals surface area contributed by atoms with Crippen molar-refractivity contribution in [2.75, 3.05) is 13.2 Å². The van der Waals surface area contributed by atoms with Crippen LogP contribution >= 0.6 is 0 Å². The first-order chi connectivity index (χ1) is 31.8. The summed E-state index contributed by atoms with van der Waals surface area (Å²) in [5.74, 6) is -0.185. The van der Waals surface area contributed by atoms with E-state index in [1.54, 1.807) is 6.08 Å². The Balaban J connectivity index is 2.04. The van der Waals surface area contributed by atoms with Gasteiger partial charge in [-0.05, 0) is 32.1 Å². The molecule has 9 nitrogen and oxygen atoms in total. The number of hydrogen-bond donors (Lipinski definition) is 6. The van der Waals surface area contributed by atoms with Gasteiger partial charge < -0.3 is 40.3 Å². The van der Waals surface area contributed by atoms with Crippen LogP contribution in [0.25, 0.3) is 0 Å². The lowest BCUT2D eigenvalue weighted by atomic mass is 9.99. The predicted molar refractivity (Wildman–Crippen MR) is 272 cm³/mol. The van der Waals surface area contributed by atoms with Gasteiger partial charge in [0.25, 0.3) is 0 Å². The number of hydrogen-bond acceptors (Lipinski definition) is 8. The second kappa shape index (κ2) is 46.4. The lowest BCUT2D eigenvalue weighted by Crippen LogP contribution is -2.60. The van der Waals surface area contributed by atoms with Crippen molar-refractivity contribution >= 4 is 5.91 Å². The Labute approximate surface area is 400 Å². The zero-order chi connectivity index (χ0) is 47.3. The molecule has 0 bridgehead atoms. The molecule has 1 rings (SSSR count). The van der Waals surface area contributed by atoms with Crippen LogP contribution < -0.4 is 5.32 Å². The van der Waals surface area contributed by atoms with Gasteiger partial charge in [-0.2, -0.15) is 0 Å². The van der Waals surface area contributed by atoms with Crippen LogP contribution in [0.2, 0.25) is 0 Å². The molecule has 1 fully saturated rings. The van der Waals surface area contributed by atoms with Gasteiger partial charge in [0.15, 0.2) is 6.29 Å². The maximum Gasteiger partial charge on any atom is 0.220 e. The number of nitrogens with one attached hydrogen (secondary N) is 1. The molecule has 7 unspecified atom stereocenters. The van der Waals surface area contributed by atoms with Crippen molar-refractivity contribution in [1.29, 1.82) is 0 Å². The van der Waals surface area contributed by atoms with Crippen molar-refractivity contribution in [1.82, 2.24) is 5.32 Å². The lowest BCUT2D eigenvalue weighted by molar-refractivity contribution is -0.302. The highest BCUT2D eigenvalue weighted by Crippen LogP contribution is 2.23. The Hall–Kier alpha value is -1.33. The van der Waals surface area contributed by atoms with Crippen LogP contribution in [0.1, 0.15) is 271 Å². The molecule has 6 N–H and O–H groups in total. The average Bonchev–Trinajstić information content (AvgIpc) is 3.31. The molecule has 0 aliphatic carbocycles. The molecular formula is C56H107NO8. The molecule has 1 heterocycles. The number of ether oxygens (including phenoxy) is 2. The van der Waals surface area contributed by atoms with E-state index in [0.717, 1.165) is 38.5 Å². The second-order valence-electron chi connectivity index (χ2n) is 19.7. The van der Waals surface area contributed by atoms with Gasteiger partial charge >= 0.3 is 0 Å². The van der Waals surface area contributed by atoms with Crippen LogP contribution in [0.15, 0.2) is 24.3 Å². The SMILES string of the molecule is CCCCC/C=C/CC/C=C/C(O)C(COC1OC(CO)C(O)C(O)C1O)NC(=O)CCCCCCCCCCCCCCCCCCCCCCCCCCCCCCCCCCC. The van der Waals surface area contributed by atoms with Gasteiger partial charge in [0.05, 0.1) is 25.4 Å². The summed E-state index contributed by atoms with van der Waals surface area (Å²) < 4.78 is 11.2. The van der Waals surface area contributed by atoms with E-state index >= 15 is 0 Å². The molecular weight excluding hydrogens is 815 g/mol. The van der Waals surface area contributed by atoms with E-state index in [1.165, 1.54) is 212 Å². The third kappa shape index (κ3) is 36.3. The zero-order valence-corrected chi connectivity index (χ0v) is 42.5. The highest BCUT2D eigenvalue weighted by molar-refractivity contribution is 5.76. The second-order valence-corrected chi connectivity index (χ2v) is 19.7. The Kier molecular flexibility index (Phi) is 44.0. The minimum absolute atomic E-state index is 0.185. The largest absolute Gasteiger partial charge is 0.394 e. The summed E-state index contributed by atoms with van der Waals surface area (Å²) in [6, 6.07) is -0.816. The highest BCUT2D eigenvalue weighted by atomic mass is 16.7. The fourth-order valence-corrected chi connectivity index (χ4v) is 9.06. The van der Waals surface area contributed by atoms with Gasteiger partial charge in [-0.25, -0.2) is 0 Å². The standard InChI is InChI=1S/C56H107NO8/c1-3-5-7-9-11-13-14-15-16-17-18-19-20-21-22-23-24-25-26-27-28-29-30-31-32-33-34-35-36-38-40-42-44-46-52(60)57-49(50(59)45-43-41-39-37-12-10-8-6-4-2)48-64-56-55(63)54(62)53(61)51(47-58)65-56/h12,37,43,45,49-51,53-56,58-59,61-63H,3-11,13-36,38-42,44,46-48H2,1-2H3,(H,57,60)/b37-12+,45-43+. The molecule has 0 saturated carbocycles. The molecule has 0 aromatic carbocycles. The van der Waals surface area contributed by atoms with E-state index in [0.29, 0.717) is 6.42 Å². The number of allylic oxidation sites excluding steroid dienone is 3. The summed E-state index contributed by atoms with van der Waals surface area (Å²) in [5.41, 5.74) is 0. The van der Waals surface area contributed by atoms with Crippen LogP contribution in [0.4, 0.5) is 0 Å². The van der Waals surface area contributed by atoms with Gasteiger partial charge in [-0.15, -0.1) is 0 Å². The summed E-state index contributed by atoms with van der Waals surface area (Å²) in [6.45, 7) is 3.72. The molecule has 1 saturated heterocycles. The summed E-state index contributed by atoms with van der Waals surface area (Å²) in [5, 5.41) is 54.1. The van der Waals surface area contributed by atoms with Crippen LogP contribution in [0, 0.1) is 0 Å². The number of aliphatic hydroxyl groups is 5. The third-order valence-electron chi connectivity index (χ3n) is 13.5. The molecule has 1 amide bonds. The number of carbonyl (C=O) groups is 1. The van der Waals surface area contributed by atoms with Crippen molar-refractivity contribution in [3.8, 4) is 0 Å². The van der Waals surface area contributed by atoms with Crippen molar-refractivity contribution in [3.63, 3.8) is 0 Å².